The molecule has 0 aromatic heterocycles. The summed E-state index contributed by atoms with van der Waals surface area (Å²) in [6.45, 7) is 7.23. The summed E-state index contributed by atoms with van der Waals surface area (Å²) in [5, 5.41) is 2.98. The van der Waals surface area contributed by atoms with Crippen LogP contribution in [0.25, 0.3) is 0 Å². The van der Waals surface area contributed by atoms with Crippen LogP contribution in [-0.4, -0.2) is 46.8 Å². The van der Waals surface area contributed by atoms with Crippen molar-refractivity contribution in [3.63, 3.8) is 0 Å². The molecule has 0 unspecified atom stereocenters. The zero-order valence-corrected chi connectivity index (χ0v) is 17.3. The first kappa shape index (κ1) is 21.0. The summed E-state index contributed by atoms with van der Waals surface area (Å²) in [6.07, 6.45) is 2.10. The van der Waals surface area contributed by atoms with Crippen molar-refractivity contribution in [1.82, 2.24) is 10.2 Å². The predicted octanol–water partition coefficient (Wildman–Crippen LogP) is 2.54. The van der Waals surface area contributed by atoms with Crippen LogP contribution in [0.1, 0.15) is 67.7 Å². The number of esters is 1. The van der Waals surface area contributed by atoms with Crippen molar-refractivity contribution >= 4 is 23.7 Å². The molecule has 1 aliphatic carbocycles. The molecule has 2 aliphatic rings. The monoisotopic (exact) mass is 400 g/mol. The number of carbonyl (C=O) groups excluding carboxylic acids is 4. The standard InChI is InChI=1S/C22H28N2O5/c1-12-8-7-11-18(13(12)2)23-19(25)15(4)29-22(28)14(3)24-20(26)16-9-5-6-10-17(16)21(24)27/h5-6,9-10,12-15,18H,7-8,11H2,1-4H3,(H,23,25)/t12-,13-,14-,15-,18+/m1/s1. The van der Waals surface area contributed by atoms with E-state index < -0.39 is 29.9 Å². The molecule has 0 spiro atoms. The molecular formula is C22H28N2O5. The molecule has 7 heteroatoms. The van der Waals surface area contributed by atoms with E-state index in [-0.39, 0.29) is 23.1 Å². The molecule has 5 atom stereocenters. The van der Waals surface area contributed by atoms with Gasteiger partial charge in [0, 0.05) is 6.04 Å². The van der Waals surface area contributed by atoms with Crippen LogP contribution in [0.15, 0.2) is 24.3 Å². The molecule has 3 amide bonds. The van der Waals surface area contributed by atoms with E-state index in [1.165, 1.54) is 13.8 Å². The van der Waals surface area contributed by atoms with Crippen LogP contribution < -0.4 is 5.32 Å². The van der Waals surface area contributed by atoms with Crippen LogP contribution in [0.2, 0.25) is 0 Å². The quantitative estimate of drug-likeness (QED) is 0.606. The fraction of sp³-hybridized carbons (Fsp3) is 0.545. The number of rotatable bonds is 5. The molecule has 0 radical (unpaired) electrons. The third-order valence-electron chi connectivity index (χ3n) is 6.25. The van der Waals surface area contributed by atoms with Gasteiger partial charge in [-0.05, 0) is 44.2 Å². The summed E-state index contributed by atoms with van der Waals surface area (Å²) in [6, 6.07) is 5.37. The minimum atomic E-state index is -1.12. The average molecular weight is 400 g/mol. The van der Waals surface area contributed by atoms with Crippen LogP contribution in [-0.2, 0) is 14.3 Å². The van der Waals surface area contributed by atoms with Crippen molar-refractivity contribution in [3.05, 3.63) is 35.4 Å². The van der Waals surface area contributed by atoms with Crippen molar-refractivity contribution in [2.24, 2.45) is 11.8 Å². The fourth-order valence-electron chi connectivity index (χ4n) is 4.08. The summed E-state index contributed by atoms with van der Waals surface area (Å²) in [5.74, 6) is -1.32. The molecule has 156 valence electrons. The Balaban J connectivity index is 1.60. The Morgan fingerprint density at radius 3 is 2.24 bits per heavy atom. The summed E-state index contributed by atoms with van der Waals surface area (Å²) in [4.78, 5) is 51.0. The number of fused-ring (bicyclic) bond motifs is 1. The summed E-state index contributed by atoms with van der Waals surface area (Å²) in [7, 11) is 0. The van der Waals surface area contributed by atoms with Gasteiger partial charge in [-0.3, -0.25) is 19.3 Å². The second-order valence-corrected chi connectivity index (χ2v) is 8.16. The number of amides is 3. The molecule has 0 saturated heterocycles. The number of hydrogen-bond donors (Lipinski definition) is 1. The van der Waals surface area contributed by atoms with Crippen LogP contribution in [0, 0.1) is 11.8 Å². The Morgan fingerprint density at radius 2 is 1.66 bits per heavy atom. The third-order valence-corrected chi connectivity index (χ3v) is 6.25. The van der Waals surface area contributed by atoms with E-state index >= 15 is 0 Å². The SMILES string of the molecule is C[C@@H]1[C@H](C)CCC[C@@H]1NC(=O)[C@@H](C)OC(=O)[C@@H](C)N1C(=O)c2ccccc2C1=O. The highest BCUT2D eigenvalue weighted by Gasteiger charge is 2.42. The van der Waals surface area contributed by atoms with Gasteiger partial charge in [-0.15, -0.1) is 0 Å². The van der Waals surface area contributed by atoms with Crippen molar-refractivity contribution in [1.29, 1.82) is 0 Å². The minimum absolute atomic E-state index is 0.0565. The Morgan fingerprint density at radius 1 is 1.07 bits per heavy atom. The van der Waals surface area contributed by atoms with E-state index in [1.807, 2.05) is 0 Å². The van der Waals surface area contributed by atoms with Crippen molar-refractivity contribution < 1.29 is 23.9 Å². The lowest BCUT2D eigenvalue weighted by molar-refractivity contribution is -0.158. The Hall–Kier alpha value is -2.70. The zero-order chi connectivity index (χ0) is 21.3. The van der Waals surface area contributed by atoms with E-state index in [9.17, 15) is 19.2 Å². The van der Waals surface area contributed by atoms with Gasteiger partial charge in [0.25, 0.3) is 17.7 Å². The van der Waals surface area contributed by atoms with Gasteiger partial charge in [0.15, 0.2) is 6.10 Å². The van der Waals surface area contributed by atoms with Crippen LogP contribution in [0.3, 0.4) is 0 Å². The van der Waals surface area contributed by atoms with Gasteiger partial charge >= 0.3 is 5.97 Å². The number of ether oxygens (including phenoxy) is 1. The molecule has 1 aromatic rings. The Labute approximate surface area is 170 Å². The molecule has 1 N–H and O–H groups in total. The highest BCUT2D eigenvalue weighted by atomic mass is 16.5. The molecule has 1 saturated carbocycles. The number of hydrogen-bond acceptors (Lipinski definition) is 5. The van der Waals surface area contributed by atoms with E-state index in [1.54, 1.807) is 24.3 Å². The Kier molecular flexibility index (Phi) is 6.05. The van der Waals surface area contributed by atoms with E-state index in [0.29, 0.717) is 11.8 Å². The van der Waals surface area contributed by atoms with E-state index in [4.69, 9.17) is 4.74 Å². The van der Waals surface area contributed by atoms with Gasteiger partial charge in [-0.1, -0.05) is 38.8 Å². The first-order chi connectivity index (χ1) is 13.7. The average Bonchev–Trinajstić information content (AvgIpc) is 2.95. The van der Waals surface area contributed by atoms with Crippen LogP contribution in [0.4, 0.5) is 0 Å². The maximum Gasteiger partial charge on any atom is 0.329 e. The van der Waals surface area contributed by atoms with Gasteiger partial charge in [-0.25, -0.2) is 4.79 Å². The number of carbonyl (C=O) groups is 4. The van der Waals surface area contributed by atoms with Crippen LogP contribution >= 0.6 is 0 Å². The molecule has 1 aromatic carbocycles. The van der Waals surface area contributed by atoms with Crippen molar-refractivity contribution in [2.45, 2.75) is 65.1 Å². The molecule has 1 fully saturated rings. The number of benzene rings is 1. The van der Waals surface area contributed by atoms with Gasteiger partial charge in [-0.2, -0.15) is 0 Å². The first-order valence-electron chi connectivity index (χ1n) is 10.2. The van der Waals surface area contributed by atoms with Gasteiger partial charge in [0.05, 0.1) is 11.1 Å². The molecule has 3 rings (SSSR count). The van der Waals surface area contributed by atoms with Gasteiger partial charge < -0.3 is 10.1 Å². The smallest absolute Gasteiger partial charge is 0.329 e. The highest BCUT2D eigenvalue weighted by Crippen LogP contribution is 2.29. The molecular weight excluding hydrogens is 372 g/mol. The minimum Gasteiger partial charge on any atom is -0.451 e. The number of imide groups is 1. The highest BCUT2D eigenvalue weighted by molar-refractivity contribution is 6.22. The maximum atomic E-state index is 12.5. The molecule has 7 nitrogen and oxygen atoms in total. The fourth-order valence-corrected chi connectivity index (χ4v) is 4.08. The Bertz CT molecular complexity index is 801. The normalized spacial score (nSPS) is 25.9. The maximum absolute atomic E-state index is 12.5. The van der Waals surface area contributed by atoms with Crippen molar-refractivity contribution in [2.75, 3.05) is 0 Å². The number of nitrogens with zero attached hydrogens (tertiary/aromatic N) is 1. The van der Waals surface area contributed by atoms with E-state index in [0.717, 1.165) is 24.2 Å². The summed E-state index contributed by atoms with van der Waals surface area (Å²) in [5.41, 5.74) is 0.534. The topological polar surface area (TPSA) is 92.8 Å². The van der Waals surface area contributed by atoms with Gasteiger partial charge in [0.1, 0.15) is 6.04 Å². The van der Waals surface area contributed by atoms with E-state index in [2.05, 4.69) is 19.2 Å². The lowest BCUT2D eigenvalue weighted by Crippen LogP contribution is -2.49. The van der Waals surface area contributed by atoms with Crippen molar-refractivity contribution in [3.8, 4) is 0 Å². The first-order valence-corrected chi connectivity index (χ1v) is 10.2. The second kappa shape index (κ2) is 8.35. The second-order valence-electron chi connectivity index (χ2n) is 8.16. The lowest BCUT2D eigenvalue weighted by atomic mass is 9.78. The molecule has 1 heterocycles. The molecule has 29 heavy (non-hydrogen) atoms. The lowest BCUT2D eigenvalue weighted by Gasteiger charge is -2.35. The predicted molar refractivity (Wildman–Crippen MR) is 106 cm³/mol. The van der Waals surface area contributed by atoms with Gasteiger partial charge in [0.2, 0.25) is 0 Å². The van der Waals surface area contributed by atoms with Crippen LogP contribution in [0.5, 0.6) is 0 Å². The molecule has 1 aliphatic heterocycles. The molecule has 0 bridgehead atoms. The zero-order valence-electron chi connectivity index (χ0n) is 17.3. The number of nitrogens with one attached hydrogen (secondary N) is 1. The third kappa shape index (κ3) is 4.04. The largest absolute Gasteiger partial charge is 0.451 e. The summed E-state index contributed by atoms with van der Waals surface area (Å²) >= 11 is 0. The summed E-state index contributed by atoms with van der Waals surface area (Å²) < 4.78 is 5.29.